The van der Waals surface area contributed by atoms with Crippen molar-refractivity contribution < 1.29 is 14.6 Å². The molecule has 0 saturated heterocycles. The van der Waals surface area contributed by atoms with Crippen LogP contribution in [0.5, 0.6) is 11.5 Å². The molecule has 0 aliphatic heterocycles. The molecule has 0 saturated carbocycles. The van der Waals surface area contributed by atoms with E-state index in [1.165, 1.54) is 17.6 Å². The zero-order valence-corrected chi connectivity index (χ0v) is 16.0. The lowest BCUT2D eigenvalue weighted by atomic mass is 10.1. The molecule has 0 radical (unpaired) electrons. The smallest absolute Gasteiger partial charge is 0.283 e. The summed E-state index contributed by atoms with van der Waals surface area (Å²) >= 11 is 1.29. The zero-order valence-electron chi connectivity index (χ0n) is 15.2. The number of methoxy groups -OCH3 is 1. The van der Waals surface area contributed by atoms with Crippen molar-refractivity contribution in [1.82, 2.24) is 10.4 Å². The highest BCUT2D eigenvalue weighted by atomic mass is 32.1. The first-order valence-electron chi connectivity index (χ1n) is 8.23. The number of ether oxygens (including phenoxy) is 1. The van der Waals surface area contributed by atoms with E-state index in [9.17, 15) is 9.90 Å². The normalized spacial score (nSPS) is 10.9. The van der Waals surface area contributed by atoms with Crippen LogP contribution in [0.4, 0.5) is 0 Å². The number of phenolic OH excluding ortho intramolecular Hbond substituents is 1. The Morgan fingerprint density at radius 3 is 2.78 bits per heavy atom. The third kappa shape index (κ3) is 4.15. The molecule has 138 valence electrons. The van der Waals surface area contributed by atoms with Crippen LogP contribution in [0.25, 0.3) is 10.6 Å². The van der Waals surface area contributed by atoms with Gasteiger partial charge in [0, 0.05) is 0 Å². The number of aromatic hydroxyl groups is 1. The average molecular weight is 381 g/mol. The summed E-state index contributed by atoms with van der Waals surface area (Å²) in [6.07, 6.45) is 1.53. The van der Waals surface area contributed by atoms with Crippen molar-refractivity contribution in [1.29, 1.82) is 0 Å². The van der Waals surface area contributed by atoms with Crippen molar-refractivity contribution in [2.24, 2.45) is 5.10 Å². The zero-order chi connectivity index (χ0) is 19.4. The third-order valence-corrected chi connectivity index (χ3v) is 5.13. The van der Waals surface area contributed by atoms with Gasteiger partial charge in [-0.25, -0.2) is 10.4 Å². The standard InChI is InChI=1S/C20H19N3O3S/c1-12-10-14(8-9-16(12)24)11-21-23-19(25)18-13(2)22-20(27-18)15-6-4-5-7-17(15)26-3/h4-11,24H,1-3H3,(H,23,25)/b21-11+. The molecule has 27 heavy (non-hydrogen) atoms. The topological polar surface area (TPSA) is 83.8 Å². The number of carbonyl (C=O) groups is 1. The van der Waals surface area contributed by atoms with E-state index in [-0.39, 0.29) is 11.7 Å². The van der Waals surface area contributed by atoms with Gasteiger partial charge in [0.05, 0.1) is 24.6 Å². The van der Waals surface area contributed by atoms with Crippen LogP contribution in [0, 0.1) is 13.8 Å². The van der Waals surface area contributed by atoms with Crippen molar-refractivity contribution in [3.63, 3.8) is 0 Å². The van der Waals surface area contributed by atoms with E-state index in [2.05, 4.69) is 15.5 Å². The fraction of sp³-hybridized carbons (Fsp3) is 0.150. The van der Waals surface area contributed by atoms with Crippen molar-refractivity contribution in [2.45, 2.75) is 13.8 Å². The molecule has 1 heterocycles. The monoisotopic (exact) mass is 381 g/mol. The Morgan fingerprint density at radius 1 is 1.26 bits per heavy atom. The molecule has 1 aromatic heterocycles. The molecule has 0 aliphatic carbocycles. The van der Waals surface area contributed by atoms with Gasteiger partial charge in [-0.05, 0) is 55.3 Å². The number of para-hydroxylation sites is 1. The second-order valence-corrected chi connectivity index (χ2v) is 6.88. The predicted octanol–water partition coefficient (Wildman–Crippen LogP) is 3.91. The van der Waals surface area contributed by atoms with E-state index in [4.69, 9.17) is 4.74 Å². The first-order valence-corrected chi connectivity index (χ1v) is 9.05. The highest BCUT2D eigenvalue weighted by Gasteiger charge is 2.17. The second kappa shape index (κ2) is 8.01. The maximum absolute atomic E-state index is 12.5. The van der Waals surface area contributed by atoms with Gasteiger partial charge in [0.15, 0.2) is 0 Å². The number of hydrazone groups is 1. The first-order chi connectivity index (χ1) is 13.0. The lowest BCUT2D eigenvalue weighted by molar-refractivity contribution is 0.0958. The van der Waals surface area contributed by atoms with Crippen molar-refractivity contribution in [3.05, 3.63) is 64.2 Å². The minimum atomic E-state index is -0.321. The predicted molar refractivity (Wildman–Crippen MR) is 107 cm³/mol. The van der Waals surface area contributed by atoms with E-state index < -0.39 is 0 Å². The largest absolute Gasteiger partial charge is 0.508 e. The SMILES string of the molecule is COc1ccccc1-c1nc(C)c(C(=O)N/N=C/c2ccc(O)c(C)c2)s1. The van der Waals surface area contributed by atoms with Crippen LogP contribution in [-0.2, 0) is 0 Å². The van der Waals surface area contributed by atoms with Gasteiger partial charge in [-0.2, -0.15) is 5.10 Å². The Labute approximate surface area is 161 Å². The van der Waals surface area contributed by atoms with Crippen LogP contribution >= 0.6 is 11.3 Å². The number of hydrogen-bond acceptors (Lipinski definition) is 6. The molecular weight excluding hydrogens is 362 g/mol. The number of aromatic nitrogens is 1. The Morgan fingerprint density at radius 2 is 2.04 bits per heavy atom. The number of hydrogen-bond donors (Lipinski definition) is 2. The molecule has 1 amide bonds. The molecular formula is C20H19N3O3S. The molecule has 2 N–H and O–H groups in total. The third-order valence-electron chi connectivity index (χ3n) is 3.94. The summed E-state index contributed by atoms with van der Waals surface area (Å²) in [7, 11) is 1.60. The summed E-state index contributed by atoms with van der Waals surface area (Å²) in [6, 6.07) is 12.6. The van der Waals surface area contributed by atoms with E-state index in [0.29, 0.717) is 21.3 Å². The highest BCUT2D eigenvalue weighted by Crippen LogP contribution is 2.34. The van der Waals surface area contributed by atoms with Crippen molar-refractivity contribution in [3.8, 4) is 22.1 Å². The maximum atomic E-state index is 12.5. The molecule has 3 rings (SSSR count). The summed E-state index contributed by atoms with van der Waals surface area (Å²) in [5.74, 6) is 0.608. The highest BCUT2D eigenvalue weighted by molar-refractivity contribution is 7.17. The molecule has 0 aliphatic rings. The van der Waals surface area contributed by atoms with Crippen LogP contribution in [0.3, 0.4) is 0 Å². The van der Waals surface area contributed by atoms with Crippen LogP contribution in [-0.4, -0.2) is 29.3 Å². The van der Waals surface area contributed by atoms with Gasteiger partial charge in [0.1, 0.15) is 21.4 Å². The Balaban J connectivity index is 1.76. The minimum Gasteiger partial charge on any atom is -0.508 e. The Hall–Kier alpha value is -3.19. The summed E-state index contributed by atoms with van der Waals surface area (Å²) in [4.78, 5) is 17.4. The number of benzene rings is 2. The average Bonchev–Trinajstić information content (AvgIpc) is 3.06. The number of phenols is 1. The number of nitrogens with zero attached hydrogens (tertiary/aromatic N) is 2. The summed E-state index contributed by atoms with van der Waals surface area (Å²) in [5.41, 5.74) is 5.52. The maximum Gasteiger partial charge on any atom is 0.283 e. The Bertz CT molecular complexity index is 1010. The molecule has 0 bridgehead atoms. The number of thiazole rings is 1. The van der Waals surface area contributed by atoms with Crippen molar-refractivity contribution >= 4 is 23.5 Å². The number of rotatable bonds is 5. The van der Waals surface area contributed by atoms with Gasteiger partial charge in [0.25, 0.3) is 5.91 Å². The van der Waals surface area contributed by atoms with E-state index in [1.807, 2.05) is 24.3 Å². The minimum absolute atomic E-state index is 0.223. The summed E-state index contributed by atoms with van der Waals surface area (Å²) in [6.45, 7) is 3.59. The number of amides is 1. The van der Waals surface area contributed by atoms with Crippen LogP contribution in [0.15, 0.2) is 47.6 Å². The molecule has 6 nitrogen and oxygen atoms in total. The fourth-order valence-corrected chi connectivity index (χ4v) is 3.50. The van der Waals surface area contributed by atoms with Crippen LogP contribution in [0.2, 0.25) is 0 Å². The molecule has 0 unspecified atom stereocenters. The second-order valence-electron chi connectivity index (χ2n) is 5.88. The van der Waals surface area contributed by atoms with E-state index >= 15 is 0 Å². The quantitative estimate of drug-likeness (QED) is 0.518. The van der Waals surface area contributed by atoms with Gasteiger partial charge in [-0.15, -0.1) is 11.3 Å². The van der Waals surface area contributed by atoms with Crippen LogP contribution < -0.4 is 10.2 Å². The van der Waals surface area contributed by atoms with Crippen LogP contribution in [0.1, 0.15) is 26.5 Å². The molecule has 7 heteroatoms. The van der Waals surface area contributed by atoms with E-state index in [1.54, 1.807) is 39.2 Å². The van der Waals surface area contributed by atoms with Gasteiger partial charge in [0.2, 0.25) is 0 Å². The molecule has 0 atom stereocenters. The van der Waals surface area contributed by atoms with Gasteiger partial charge < -0.3 is 9.84 Å². The van der Waals surface area contributed by atoms with Crippen molar-refractivity contribution in [2.75, 3.05) is 7.11 Å². The number of carbonyl (C=O) groups excluding carboxylic acids is 1. The van der Waals surface area contributed by atoms with E-state index in [0.717, 1.165) is 16.7 Å². The first kappa shape index (κ1) is 18.6. The van der Waals surface area contributed by atoms with Gasteiger partial charge >= 0.3 is 0 Å². The molecule has 2 aromatic carbocycles. The summed E-state index contributed by atoms with van der Waals surface area (Å²) in [5, 5.41) is 14.3. The fourth-order valence-electron chi connectivity index (χ4n) is 2.52. The lowest BCUT2D eigenvalue weighted by Crippen LogP contribution is -2.17. The summed E-state index contributed by atoms with van der Waals surface area (Å²) < 4.78 is 5.37. The molecule has 3 aromatic rings. The number of nitrogens with one attached hydrogen (secondary N) is 1. The Kier molecular flexibility index (Phi) is 5.52. The molecule has 0 fully saturated rings. The molecule has 0 spiro atoms. The van der Waals surface area contributed by atoms with Gasteiger partial charge in [-0.3, -0.25) is 4.79 Å². The number of aryl methyl sites for hydroxylation is 2. The van der Waals surface area contributed by atoms with Gasteiger partial charge in [-0.1, -0.05) is 12.1 Å². The lowest BCUT2D eigenvalue weighted by Gasteiger charge is -2.04.